The van der Waals surface area contributed by atoms with E-state index in [4.69, 9.17) is 4.42 Å². The van der Waals surface area contributed by atoms with E-state index >= 15 is 0 Å². The molecule has 3 rings (SSSR count). The summed E-state index contributed by atoms with van der Waals surface area (Å²) in [6.45, 7) is 6.41. The molecule has 0 atom stereocenters. The number of amides is 1. The number of aryl methyl sites for hydroxylation is 1. The minimum Gasteiger partial charge on any atom is -0.467 e. The number of aromatic nitrogens is 1. The minimum atomic E-state index is -0.138. The lowest BCUT2D eigenvalue weighted by Gasteiger charge is -2.11. The lowest BCUT2D eigenvalue weighted by Crippen LogP contribution is -2.38. The highest BCUT2D eigenvalue weighted by Gasteiger charge is 2.07. The number of benzene rings is 1. The third-order valence-corrected chi connectivity index (χ3v) is 5.12. The summed E-state index contributed by atoms with van der Waals surface area (Å²) in [5.41, 5.74) is 2.66. The van der Waals surface area contributed by atoms with Crippen molar-refractivity contribution in [3.8, 4) is 0 Å². The molecule has 0 radical (unpaired) electrons. The van der Waals surface area contributed by atoms with E-state index in [0.29, 0.717) is 18.7 Å². The molecular formula is C22H27N5O2S. The number of nitrogens with one attached hydrogen (secondary N) is 3. The van der Waals surface area contributed by atoms with Gasteiger partial charge < -0.3 is 20.4 Å². The number of guanidine groups is 1. The summed E-state index contributed by atoms with van der Waals surface area (Å²) in [5, 5.41) is 12.6. The number of carbonyl (C=O) groups is 1. The van der Waals surface area contributed by atoms with Crippen LogP contribution in [0.3, 0.4) is 0 Å². The largest absolute Gasteiger partial charge is 0.467 e. The Morgan fingerprint density at radius 2 is 2.10 bits per heavy atom. The number of furan rings is 1. The van der Waals surface area contributed by atoms with Crippen molar-refractivity contribution in [1.29, 1.82) is 0 Å². The van der Waals surface area contributed by atoms with Gasteiger partial charge in [0, 0.05) is 30.5 Å². The maximum absolute atomic E-state index is 12.4. The zero-order valence-corrected chi connectivity index (χ0v) is 18.1. The highest BCUT2D eigenvalue weighted by molar-refractivity contribution is 7.09. The molecule has 3 N–H and O–H groups in total. The molecular weight excluding hydrogens is 398 g/mol. The van der Waals surface area contributed by atoms with Crippen LogP contribution < -0.4 is 16.0 Å². The first-order chi connectivity index (χ1) is 14.6. The normalized spacial score (nSPS) is 11.3. The molecule has 0 fully saturated rings. The number of rotatable bonds is 9. The molecule has 1 aromatic carbocycles. The lowest BCUT2D eigenvalue weighted by atomic mass is 10.1. The number of aliphatic imine (C=N–C) groups is 1. The summed E-state index contributed by atoms with van der Waals surface area (Å²) in [5.74, 6) is 1.33. The Bertz CT molecular complexity index is 966. The van der Waals surface area contributed by atoms with Crippen molar-refractivity contribution in [3.63, 3.8) is 0 Å². The van der Waals surface area contributed by atoms with Gasteiger partial charge in [0.15, 0.2) is 5.96 Å². The number of nitrogens with zero attached hydrogens (tertiary/aromatic N) is 2. The van der Waals surface area contributed by atoms with Crippen LogP contribution in [0, 0.1) is 6.92 Å². The van der Waals surface area contributed by atoms with E-state index in [-0.39, 0.29) is 5.91 Å². The van der Waals surface area contributed by atoms with Gasteiger partial charge in [-0.15, -0.1) is 11.3 Å². The Balaban J connectivity index is 1.54. The molecule has 2 heterocycles. The summed E-state index contributed by atoms with van der Waals surface area (Å²) >= 11 is 1.66. The second-order valence-electron chi connectivity index (χ2n) is 6.69. The van der Waals surface area contributed by atoms with Crippen LogP contribution >= 0.6 is 11.3 Å². The van der Waals surface area contributed by atoms with E-state index in [1.807, 2.05) is 38.1 Å². The van der Waals surface area contributed by atoms with Gasteiger partial charge in [0.1, 0.15) is 5.76 Å². The molecule has 0 aliphatic heterocycles. The van der Waals surface area contributed by atoms with Crippen molar-refractivity contribution in [1.82, 2.24) is 20.9 Å². The van der Waals surface area contributed by atoms with Gasteiger partial charge in [0.05, 0.1) is 30.1 Å². The first kappa shape index (κ1) is 21.6. The van der Waals surface area contributed by atoms with Crippen LogP contribution in [0.1, 0.15) is 39.3 Å². The predicted molar refractivity (Wildman–Crippen MR) is 120 cm³/mol. The van der Waals surface area contributed by atoms with Crippen molar-refractivity contribution >= 4 is 23.2 Å². The molecule has 158 valence electrons. The standard InChI is InChI=1S/C22H27N5O2S/c1-3-23-22(24-10-9-19-15-30-16(2)27-19)26-13-17-6-4-7-18(12-17)21(28)25-14-20-8-5-11-29-20/h4-8,11-12,15H,3,9-10,13-14H2,1-2H3,(H,25,28)(H2,23,24,26). The minimum absolute atomic E-state index is 0.138. The van der Waals surface area contributed by atoms with Crippen molar-refractivity contribution in [3.05, 3.63) is 75.6 Å². The third kappa shape index (κ3) is 6.73. The number of thiazole rings is 1. The quantitative estimate of drug-likeness (QED) is 0.362. The molecule has 0 aliphatic carbocycles. The molecule has 7 nitrogen and oxygen atoms in total. The average Bonchev–Trinajstić information content (AvgIpc) is 3.42. The van der Waals surface area contributed by atoms with Gasteiger partial charge in [-0.3, -0.25) is 4.79 Å². The average molecular weight is 426 g/mol. The maximum atomic E-state index is 12.4. The van der Waals surface area contributed by atoms with Crippen molar-refractivity contribution in [2.45, 2.75) is 33.4 Å². The Labute approximate surface area is 180 Å². The van der Waals surface area contributed by atoms with Crippen molar-refractivity contribution in [2.75, 3.05) is 13.1 Å². The van der Waals surface area contributed by atoms with Gasteiger partial charge in [0.25, 0.3) is 5.91 Å². The highest BCUT2D eigenvalue weighted by Crippen LogP contribution is 2.09. The van der Waals surface area contributed by atoms with Crippen LogP contribution in [0.15, 0.2) is 57.5 Å². The Morgan fingerprint density at radius 3 is 2.83 bits per heavy atom. The fourth-order valence-electron chi connectivity index (χ4n) is 2.84. The highest BCUT2D eigenvalue weighted by atomic mass is 32.1. The Hall–Kier alpha value is -3.13. The molecule has 0 saturated carbocycles. The SMILES string of the molecule is CCNC(=NCc1cccc(C(=O)NCc2ccco2)c1)NCCc1csc(C)n1. The molecule has 8 heteroatoms. The molecule has 2 aromatic heterocycles. The van der Waals surface area contributed by atoms with Gasteiger partial charge in [-0.25, -0.2) is 9.98 Å². The summed E-state index contributed by atoms with van der Waals surface area (Å²) < 4.78 is 5.24. The molecule has 0 saturated heterocycles. The van der Waals surface area contributed by atoms with E-state index in [9.17, 15) is 4.79 Å². The van der Waals surface area contributed by atoms with E-state index in [1.165, 1.54) is 0 Å². The second-order valence-corrected chi connectivity index (χ2v) is 7.75. The summed E-state index contributed by atoms with van der Waals surface area (Å²) in [6, 6.07) is 11.1. The Kier molecular flexibility index (Phi) is 8.02. The molecule has 0 bridgehead atoms. The number of hydrogen-bond donors (Lipinski definition) is 3. The predicted octanol–water partition coefficient (Wildman–Crippen LogP) is 3.27. The molecule has 0 aliphatic rings. The van der Waals surface area contributed by atoms with Crippen LogP contribution in [0.4, 0.5) is 0 Å². The van der Waals surface area contributed by atoms with Gasteiger partial charge in [-0.1, -0.05) is 12.1 Å². The Morgan fingerprint density at radius 1 is 1.20 bits per heavy atom. The summed E-state index contributed by atoms with van der Waals surface area (Å²) in [7, 11) is 0. The molecule has 0 spiro atoms. The topological polar surface area (TPSA) is 91.5 Å². The van der Waals surface area contributed by atoms with Crippen LogP contribution in [0.5, 0.6) is 0 Å². The van der Waals surface area contributed by atoms with E-state index < -0.39 is 0 Å². The monoisotopic (exact) mass is 425 g/mol. The smallest absolute Gasteiger partial charge is 0.251 e. The summed E-state index contributed by atoms with van der Waals surface area (Å²) in [4.78, 5) is 21.5. The second kappa shape index (κ2) is 11.2. The number of hydrogen-bond acceptors (Lipinski definition) is 5. The van der Waals surface area contributed by atoms with Crippen LogP contribution in [-0.4, -0.2) is 29.9 Å². The maximum Gasteiger partial charge on any atom is 0.251 e. The van der Waals surface area contributed by atoms with Crippen LogP contribution in [0.2, 0.25) is 0 Å². The third-order valence-electron chi connectivity index (χ3n) is 4.30. The zero-order chi connectivity index (χ0) is 21.2. The van der Waals surface area contributed by atoms with Crippen molar-refractivity contribution in [2.24, 2.45) is 4.99 Å². The molecule has 30 heavy (non-hydrogen) atoms. The van der Waals surface area contributed by atoms with Crippen LogP contribution in [0.25, 0.3) is 0 Å². The number of carbonyl (C=O) groups excluding carboxylic acids is 1. The molecule has 3 aromatic rings. The van der Waals surface area contributed by atoms with E-state index in [1.54, 1.807) is 29.7 Å². The first-order valence-electron chi connectivity index (χ1n) is 9.96. The first-order valence-corrected chi connectivity index (χ1v) is 10.8. The van der Waals surface area contributed by atoms with Crippen LogP contribution in [-0.2, 0) is 19.5 Å². The molecule has 1 amide bonds. The van der Waals surface area contributed by atoms with Gasteiger partial charge in [-0.2, -0.15) is 0 Å². The lowest BCUT2D eigenvalue weighted by molar-refractivity contribution is 0.0948. The van der Waals surface area contributed by atoms with E-state index in [2.05, 4.69) is 31.3 Å². The van der Waals surface area contributed by atoms with Gasteiger partial charge >= 0.3 is 0 Å². The van der Waals surface area contributed by atoms with E-state index in [0.717, 1.165) is 47.5 Å². The van der Waals surface area contributed by atoms with Crippen molar-refractivity contribution < 1.29 is 9.21 Å². The fourth-order valence-corrected chi connectivity index (χ4v) is 3.48. The van der Waals surface area contributed by atoms with Gasteiger partial charge in [-0.05, 0) is 43.7 Å². The summed E-state index contributed by atoms with van der Waals surface area (Å²) in [6.07, 6.45) is 2.44. The zero-order valence-electron chi connectivity index (χ0n) is 17.3. The fraction of sp³-hybridized carbons (Fsp3) is 0.318. The molecule has 0 unspecified atom stereocenters. The van der Waals surface area contributed by atoms with Gasteiger partial charge in [0.2, 0.25) is 0 Å².